The molecule has 0 unspecified atom stereocenters. The Hall–Kier alpha value is -1.50. The fourth-order valence-electron chi connectivity index (χ4n) is 3.14. The van der Waals surface area contributed by atoms with Gasteiger partial charge in [0, 0.05) is 30.7 Å². The first-order valence-corrected chi connectivity index (χ1v) is 9.25. The highest BCUT2D eigenvalue weighted by Gasteiger charge is 2.31. The Morgan fingerprint density at radius 1 is 1.23 bits per heavy atom. The zero-order valence-electron chi connectivity index (χ0n) is 12.5. The van der Waals surface area contributed by atoms with E-state index in [1.807, 2.05) is 30.3 Å². The molecule has 1 aromatic heterocycles. The normalized spacial score (nSPS) is 20.3. The number of hydrogen-bond acceptors (Lipinski definition) is 4. The van der Waals surface area contributed by atoms with E-state index in [-0.39, 0.29) is 11.8 Å². The molecule has 0 spiro atoms. The Morgan fingerprint density at radius 2 is 2.05 bits per heavy atom. The number of hydrogen-bond donors (Lipinski definition) is 1. The van der Waals surface area contributed by atoms with Crippen LogP contribution < -0.4 is 5.73 Å². The van der Waals surface area contributed by atoms with Crippen LogP contribution in [-0.2, 0) is 15.8 Å². The van der Waals surface area contributed by atoms with Crippen molar-refractivity contribution in [1.29, 1.82) is 0 Å². The van der Waals surface area contributed by atoms with Crippen molar-refractivity contribution in [2.45, 2.75) is 31.1 Å². The summed E-state index contributed by atoms with van der Waals surface area (Å²) in [7, 11) is -3.38. The second-order valence-corrected chi connectivity index (χ2v) is 7.67. The average Bonchev–Trinajstić information content (AvgIpc) is 2.55. The number of piperidine rings is 1. The maximum absolute atomic E-state index is 12.8. The fourth-order valence-corrected chi connectivity index (χ4v) is 4.98. The molecular formula is C16H21N3O2S. The summed E-state index contributed by atoms with van der Waals surface area (Å²) in [6.07, 6.45) is 4.50. The van der Waals surface area contributed by atoms with E-state index in [9.17, 15) is 8.42 Å². The number of aromatic nitrogens is 1. The predicted molar refractivity (Wildman–Crippen MR) is 87.8 cm³/mol. The first-order valence-electron chi connectivity index (χ1n) is 7.64. The van der Waals surface area contributed by atoms with E-state index in [1.54, 1.807) is 10.5 Å². The molecule has 1 aromatic carbocycles. The molecule has 1 atom stereocenters. The number of fused-ring (bicyclic) bond motifs is 1. The van der Waals surface area contributed by atoms with Gasteiger partial charge in [-0.3, -0.25) is 4.98 Å². The van der Waals surface area contributed by atoms with Gasteiger partial charge in [-0.05, 0) is 24.5 Å². The van der Waals surface area contributed by atoms with Crippen LogP contribution in [0.1, 0.15) is 24.8 Å². The molecule has 2 N–H and O–H groups in total. The van der Waals surface area contributed by atoms with Gasteiger partial charge in [-0.25, -0.2) is 8.42 Å². The van der Waals surface area contributed by atoms with Gasteiger partial charge in [0.05, 0.1) is 11.3 Å². The largest absolute Gasteiger partial charge is 0.329 e. The van der Waals surface area contributed by atoms with Crippen molar-refractivity contribution in [3.63, 3.8) is 0 Å². The molecule has 1 aliphatic rings. The minimum Gasteiger partial charge on any atom is -0.329 e. The highest BCUT2D eigenvalue weighted by Crippen LogP contribution is 2.24. The van der Waals surface area contributed by atoms with E-state index in [1.165, 1.54) is 0 Å². The van der Waals surface area contributed by atoms with Crippen LogP contribution in [0.25, 0.3) is 10.9 Å². The van der Waals surface area contributed by atoms with Gasteiger partial charge in [0.25, 0.3) is 0 Å². The van der Waals surface area contributed by atoms with Crippen molar-refractivity contribution in [3.05, 3.63) is 42.1 Å². The topological polar surface area (TPSA) is 76.3 Å². The number of pyridine rings is 1. The maximum atomic E-state index is 12.8. The summed E-state index contributed by atoms with van der Waals surface area (Å²) < 4.78 is 27.2. The molecule has 6 heteroatoms. The van der Waals surface area contributed by atoms with Crippen molar-refractivity contribution in [2.24, 2.45) is 5.73 Å². The smallest absolute Gasteiger partial charge is 0.218 e. The van der Waals surface area contributed by atoms with Crippen LogP contribution in [0.15, 0.2) is 36.5 Å². The third-order valence-electron chi connectivity index (χ3n) is 4.26. The fraction of sp³-hybridized carbons (Fsp3) is 0.438. The highest BCUT2D eigenvalue weighted by atomic mass is 32.2. The summed E-state index contributed by atoms with van der Waals surface area (Å²) >= 11 is 0. The molecule has 5 nitrogen and oxygen atoms in total. The van der Waals surface area contributed by atoms with Gasteiger partial charge in [0.2, 0.25) is 10.0 Å². The second kappa shape index (κ2) is 6.32. The molecule has 0 saturated carbocycles. The van der Waals surface area contributed by atoms with Gasteiger partial charge < -0.3 is 5.73 Å². The lowest BCUT2D eigenvalue weighted by Crippen LogP contribution is -2.47. The third-order valence-corrected chi connectivity index (χ3v) is 6.13. The molecule has 1 fully saturated rings. The molecule has 0 bridgehead atoms. The Morgan fingerprint density at radius 3 is 2.86 bits per heavy atom. The van der Waals surface area contributed by atoms with E-state index in [2.05, 4.69) is 4.98 Å². The molecule has 3 rings (SSSR count). The number of benzene rings is 1. The monoisotopic (exact) mass is 319 g/mol. The lowest BCUT2D eigenvalue weighted by atomic mass is 10.1. The molecular weight excluding hydrogens is 298 g/mol. The van der Waals surface area contributed by atoms with Crippen LogP contribution in [0.4, 0.5) is 0 Å². The lowest BCUT2D eigenvalue weighted by Gasteiger charge is -2.34. The minimum absolute atomic E-state index is 0.0160. The summed E-state index contributed by atoms with van der Waals surface area (Å²) in [5, 5.41) is 0.962. The first kappa shape index (κ1) is 15.4. The van der Waals surface area contributed by atoms with Gasteiger partial charge in [-0.1, -0.05) is 30.7 Å². The van der Waals surface area contributed by atoms with E-state index in [0.717, 1.165) is 35.7 Å². The van der Waals surface area contributed by atoms with E-state index >= 15 is 0 Å². The molecule has 0 amide bonds. The summed E-state index contributed by atoms with van der Waals surface area (Å²) in [5.41, 5.74) is 7.26. The quantitative estimate of drug-likeness (QED) is 0.933. The van der Waals surface area contributed by atoms with Crippen LogP contribution in [0.5, 0.6) is 0 Å². The second-order valence-electron chi connectivity index (χ2n) is 5.74. The summed E-state index contributed by atoms with van der Waals surface area (Å²) in [4.78, 5) is 4.34. The maximum Gasteiger partial charge on any atom is 0.218 e. The van der Waals surface area contributed by atoms with Crippen molar-refractivity contribution >= 4 is 20.9 Å². The summed E-state index contributed by atoms with van der Waals surface area (Å²) in [6.45, 7) is 0.954. The van der Waals surface area contributed by atoms with Crippen LogP contribution in [-0.4, -0.2) is 36.8 Å². The molecule has 0 aliphatic carbocycles. The van der Waals surface area contributed by atoms with Crippen LogP contribution in [0, 0.1) is 0 Å². The Labute approximate surface area is 131 Å². The average molecular weight is 319 g/mol. The molecule has 2 heterocycles. The number of rotatable bonds is 4. The minimum atomic E-state index is -3.38. The van der Waals surface area contributed by atoms with Gasteiger partial charge in [-0.2, -0.15) is 4.31 Å². The van der Waals surface area contributed by atoms with Crippen LogP contribution >= 0.6 is 0 Å². The zero-order valence-corrected chi connectivity index (χ0v) is 13.3. The first-order chi connectivity index (χ1) is 10.6. The van der Waals surface area contributed by atoms with Gasteiger partial charge in [0.1, 0.15) is 0 Å². The Balaban J connectivity index is 1.93. The van der Waals surface area contributed by atoms with E-state index < -0.39 is 10.0 Å². The zero-order chi connectivity index (χ0) is 15.6. The number of para-hydroxylation sites is 1. The van der Waals surface area contributed by atoms with Crippen molar-refractivity contribution in [2.75, 3.05) is 13.1 Å². The number of nitrogens with two attached hydrogens (primary N) is 1. The molecule has 1 aliphatic heterocycles. The predicted octanol–water partition coefficient (Wildman–Crippen LogP) is 1.88. The van der Waals surface area contributed by atoms with Gasteiger partial charge in [-0.15, -0.1) is 0 Å². The van der Waals surface area contributed by atoms with Crippen molar-refractivity contribution < 1.29 is 8.42 Å². The molecule has 2 aromatic rings. The van der Waals surface area contributed by atoms with Crippen LogP contribution in [0.2, 0.25) is 0 Å². The highest BCUT2D eigenvalue weighted by molar-refractivity contribution is 7.88. The lowest BCUT2D eigenvalue weighted by molar-refractivity contribution is 0.257. The van der Waals surface area contributed by atoms with E-state index in [0.29, 0.717) is 13.1 Å². The van der Waals surface area contributed by atoms with E-state index in [4.69, 9.17) is 5.73 Å². The number of sulfonamides is 1. The SMILES string of the molecule is NC[C@@H]1CCCCN1S(=O)(=O)Cc1cccc2cccnc12. The van der Waals surface area contributed by atoms with Gasteiger partial charge in [0.15, 0.2) is 0 Å². The summed E-state index contributed by atoms with van der Waals surface area (Å²) in [6, 6.07) is 9.40. The Bertz CT molecular complexity index is 756. The van der Waals surface area contributed by atoms with Crippen molar-refractivity contribution in [3.8, 4) is 0 Å². The summed E-state index contributed by atoms with van der Waals surface area (Å²) in [5.74, 6) is -0.0160. The molecule has 22 heavy (non-hydrogen) atoms. The van der Waals surface area contributed by atoms with Crippen LogP contribution in [0.3, 0.4) is 0 Å². The molecule has 0 radical (unpaired) electrons. The Kier molecular flexibility index (Phi) is 4.42. The molecule has 118 valence electrons. The number of nitrogens with zero attached hydrogens (tertiary/aromatic N) is 2. The molecule has 1 saturated heterocycles. The van der Waals surface area contributed by atoms with Gasteiger partial charge >= 0.3 is 0 Å². The standard InChI is InChI=1S/C16H21N3O2S/c17-11-15-8-1-2-10-19(15)22(20,21)12-14-6-3-5-13-7-4-9-18-16(13)14/h3-7,9,15H,1-2,8,10-12,17H2/t15-/m0/s1. The van der Waals surface area contributed by atoms with Crippen molar-refractivity contribution in [1.82, 2.24) is 9.29 Å². The third kappa shape index (κ3) is 2.99.